The van der Waals surface area contributed by atoms with Crippen LogP contribution in [0.3, 0.4) is 0 Å². The lowest BCUT2D eigenvalue weighted by molar-refractivity contribution is 0.0765. The molecule has 4 nitrogen and oxygen atoms in total. The summed E-state index contributed by atoms with van der Waals surface area (Å²) in [7, 11) is 0. The van der Waals surface area contributed by atoms with Crippen LogP contribution in [-0.2, 0) is 0 Å². The van der Waals surface area contributed by atoms with Gasteiger partial charge in [-0.1, -0.05) is 17.7 Å². The van der Waals surface area contributed by atoms with Gasteiger partial charge in [0.15, 0.2) is 0 Å². The van der Waals surface area contributed by atoms with E-state index >= 15 is 0 Å². The second kappa shape index (κ2) is 4.31. The fraction of sp³-hybridized carbons (Fsp3) is 0.364. The van der Waals surface area contributed by atoms with Gasteiger partial charge in [0, 0.05) is 13.1 Å². The van der Waals surface area contributed by atoms with Gasteiger partial charge in [0.1, 0.15) is 0 Å². The van der Waals surface area contributed by atoms with Gasteiger partial charge in [-0.05, 0) is 18.6 Å². The number of nitrogen functional groups attached to an aromatic ring is 1. The van der Waals surface area contributed by atoms with Crippen molar-refractivity contribution in [2.75, 3.05) is 18.8 Å². The van der Waals surface area contributed by atoms with Crippen LogP contribution in [0.5, 0.6) is 0 Å². The van der Waals surface area contributed by atoms with Gasteiger partial charge < -0.3 is 15.7 Å². The second-order valence-corrected chi connectivity index (χ2v) is 4.28. The third-order valence-corrected chi connectivity index (χ3v) is 3.13. The molecule has 2 rings (SSSR count). The van der Waals surface area contributed by atoms with E-state index in [1.807, 2.05) is 0 Å². The van der Waals surface area contributed by atoms with Crippen molar-refractivity contribution in [1.29, 1.82) is 0 Å². The van der Waals surface area contributed by atoms with Gasteiger partial charge in [0.25, 0.3) is 5.91 Å². The van der Waals surface area contributed by atoms with E-state index in [0.29, 0.717) is 30.8 Å². The maximum atomic E-state index is 12.0. The molecule has 1 heterocycles. The van der Waals surface area contributed by atoms with Crippen LogP contribution in [-0.4, -0.2) is 35.1 Å². The van der Waals surface area contributed by atoms with Gasteiger partial charge in [-0.25, -0.2) is 0 Å². The fourth-order valence-electron chi connectivity index (χ4n) is 1.81. The van der Waals surface area contributed by atoms with Crippen LogP contribution in [0.4, 0.5) is 5.69 Å². The third-order valence-electron chi connectivity index (χ3n) is 2.71. The first kappa shape index (κ1) is 11.2. The molecular weight excluding hydrogens is 228 g/mol. The van der Waals surface area contributed by atoms with Crippen LogP contribution in [0, 0.1) is 0 Å². The number of likely N-dealkylation sites (tertiary alicyclic amines) is 1. The van der Waals surface area contributed by atoms with Crippen LogP contribution in [0.1, 0.15) is 16.8 Å². The molecule has 0 radical (unpaired) electrons. The number of benzene rings is 1. The van der Waals surface area contributed by atoms with Crippen molar-refractivity contribution in [1.82, 2.24) is 4.90 Å². The summed E-state index contributed by atoms with van der Waals surface area (Å²) >= 11 is 5.97. The molecule has 0 spiro atoms. The van der Waals surface area contributed by atoms with E-state index in [2.05, 4.69) is 0 Å². The molecule has 0 unspecified atom stereocenters. The van der Waals surface area contributed by atoms with E-state index in [9.17, 15) is 9.90 Å². The molecular formula is C11H13ClN2O2. The molecule has 0 saturated carbocycles. The van der Waals surface area contributed by atoms with Gasteiger partial charge in [-0.3, -0.25) is 4.79 Å². The molecule has 3 N–H and O–H groups in total. The number of hydrogen-bond donors (Lipinski definition) is 2. The minimum Gasteiger partial charge on any atom is -0.398 e. The quantitative estimate of drug-likeness (QED) is 0.724. The monoisotopic (exact) mass is 240 g/mol. The first-order valence-electron chi connectivity index (χ1n) is 5.11. The summed E-state index contributed by atoms with van der Waals surface area (Å²) in [5.74, 6) is -0.172. The van der Waals surface area contributed by atoms with E-state index in [1.54, 1.807) is 23.1 Å². The predicted molar refractivity (Wildman–Crippen MR) is 62.4 cm³/mol. The number of aliphatic hydroxyl groups is 1. The van der Waals surface area contributed by atoms with Crippen LogP contribution in [0.15, 0.2) is 18.2 Å². The summed E-state index contributed by atoms with van der Waals surface area (Å²) in [5, 5.41) is 9.65. The molecule has 1 aromatic rings. The van der Waals surface area contributed by atoms with Gasteiger partial charge in [-0.2, -0.15) is 0 Å². The Morgan fingerprint density at radius 3 is 2.94 bits per heavy atom. The molecule has 0 aliphatic carbocycles. The van der Waals surface area contributed by atoms with Crippen LogP contribution < -0.4 is 5.73 Å². The molecule has 1 fully saturated rings. The standard InChI is InChI=1S/C11H13ClN2O2/c12-10-8(2-1-3-9(10)13)11(16)14-5-4-7(15)6-14/h1-3,7,15H,4-6,13H2/t7-/m1/s1. The molecule has 1 amide bonds. The number of carbonyl (C=O) groups is 1. The van der Waals surface area contributed by atoms with Crippen molar-refractivity contribution in [3.63, 3.8) is 0 Å². The smallest absolute Gasteiger partial charge is 0.255 e. The molecule has 1 atom stereocenters. The van der Waals surface area contributed by atoms with E-state index in [1.165, 1.54) is 0 Å². The predicted octanol–water partition coefficient (Wildman–Crippen LogP) is 1.13. The highest BCUT2D eigenvalue weighted by atomic mass is 35.5. The lowest BCUT2D eigenvalue weighted by Gasteiger charge is -2.16. The molecule has 0 bridgehead atoms. The number of nitrogens with two attached hydrogens (primary N) is 1. The number of amides is 1. The van der Waals surface area contributed by atoms with Crippen LogP contribution in [0.25, 0.3) is 0 Å². The molecule has 0 aromatic heterocycles. The minimum atomic E-state index is -0.427. The normalized spacial score (nSPS) is 20.1. The molecule has 16 heavy (non-hydrogen) atoms. The van der Waals surface area contributed by atoms with Crippen molar-refractivity contribution in [3.8, 4) is 0 Å². The number of rotatable bonds is 1. The molecule has 1 aliphatic rings. The largest absolute Gasteiger partial charge is 0.398 e. The first-order chi connectivity index (χ1) is 7.59. The molecule has 86 valence electrons. The Balaban J connectivity index is 2.24. The number of hydrogen-bond acceptors (Lipinski definition) is 3. The fourth-order valence-corrected chi connectivity index (χ4v) is 2.02. The Hall–Kier alpha value is -1.26. The van der Waals surface area contributed by atoms with Gasteiger partial charge in [0.2, 0.25) is 0 Å². The maximum Gasteiger partial charge on any atom is 0.255 e. The van der Waals surface area contributed by atoms with Crippen LogP contribution in [0.2, 0.25) is 5.02 Å². The summed E-state index contributed by atoms with van der Waals surface area (Å²) in [6.07, 6.45) is 0.190. The van der Waals surface area contributed by atoms with E-state index < -0.39 is 6.10 Å². The highest BCUT2D eigenvalue weighted by Crippen LogP contribution is 2.25. The Kier molecular flexibility index (Phi) is 3.03. The average Bonchev–Trinajstić information content (AvgIpc) is 2.68. The Morgan fingerprint density at radius 2 is 2.31 bits per heavy atom. The highest BCUT2D eigenvalue weighted by Gasteiger charge is 2.26. The summed E-state index contributed by atoms with van der Waals surface area (Å²) in [4.78, 5) is 13.6. The number of nitrogens with zero attached hydrogens (tertiary/aromatic N) is 1. The number of aliphatic hydroxyl groups excluding tert-OH is 1. The van der Waals surface area contributed by atoms with E-state index in [4.69, 9.17) is 17.3 Å². The third kappa shape index (κ3) is 1.99. The maximum absolute atomic E-state index is 12.0. The number of halogens is 1. The first-order valence-corrected chi connectivity index (χ1v) is 5.48. The minimum absolute atomic E-state index is 0.172. The second-order valence-electron chi connectivity index (χ2n) is 3.90. The molecule has 1 aromatic carbocycles. The zero-order chi connectivity index (χ0) is 11.7. The molecule has 1 saturated heterocycles. The van der Waals surface area contributed by atoms with Gasteiger partial charge in [-0.15, -0.1) is 0 Å². The van der Waals surface area contributed by atoms with Gasteiger partial charge in [0.05, 0.1) is 22.4 Å². The zero-order valence-corrected chi connectivity index (χ0v) is 9.44. The summed E-state index contributed by atoms with van der Waals surface area (Å²) in [5.41, 5.74) is 6.43. The van der Waals surface area contributed by atoms with Crippen molar-refractivity contribution in [2.24, 2.45) is 0 Å². The topological polar surface area (TPSA) is 66.6 Å². The van der Waals surface area contributed by atoms with Crippen molar-refractivity contribution in [3.05, 3.63) is 28.8 Å². The van der Waals surface area contributed by atoms with Gasteiger partial charge >= 0.3 is 0 Å². The Morgan fingerprint density at radius 1 is 1.56 bits per heavy atom. The van der Waals surface area contributed by atoms with E-state index in [-0.39, 0.29) is 10.9 Å². The zero-order valence-electron chi connectivity index (χ0n) is 8.69. The van der Waals surface area contributed by atoms with Crippen molar-refractivity contribution < 1.29 is 9.90 Å². The summed E-state index contributed by atoms with van der Waals surface area (Å²) in [6.45, 7) is 0.926. The number of carbonyl (C=O) groups excluding carboxylic acids is 1. The van der Waals surface area contributed by atoms with Crippen molar-refractivity contribution in [2.45, 2.75) is 12.5 Å². The lowest BCUT2D eigenvalue weighted by atomic mass is 10.2. The van der Waals surface area contributed by atoms with E-state index in [0.717, 1.165) is 0 Å². The Bertz CT molecular complexity index is 422. The SMILES string of the molecule is Nc1cccc(C(=O)N2CC[C@@H](O)C2)c1Cl. The van der Waals surface area contributed by atoms with Crippen molar-refractivity contribution >= 4 is 23.2 Å². The Labute approximate surface area is 98.6 Å². The number of anilines is 1. The lowest BCUT2D eigenvalue weighted by Crippen LogP contribution is -2.29. The average molecular weight is 241 g/mol. The number of β-amino-alcohol motifs (C(OH)–C–C–N with tert-alkyl or cyclic N) is 1. The summed E-state index contributed by atoms with van der Waals surface area (Å²) in [6, 6.07) is 4.99. The highest BCUT2D eigenvalue weighted by molar-refractivity contribution is 6.36. The summed E-state index contributed by atoms with van der Waals surface area (Å²) < 4.78 is 0. The molecule has 5 heteroatoms. The van der Waals surface area contributed by atoms with Crippen LogP contribution >= 0.6 is 11.6 Å². The molecule has 1 aliphatic heterocycles.